The Morgan fingerprint density at radius 1 is 1.05 bits per heavy atom. The minimum atomic E-state index is -4.80. The normalized spacial score (nSPS) is 12.7. The molecule has 0 spiro atoms. The molecule has 21 heavy (non-hydrogen) atoms. The van der Waals surface area contributed by atoms with Gasteiger partial charge in [-0.3, -0.25) is 9.11 Å². The van der Waals surface area contributed by atoms with Gasteiger partial charge in [0.25, 0.3) is 20.2 Å². The van der Waals surface area contributed by atoms with Crippen LogP contribution in [0.2, 0.25) is 0 Å². The molecule has 0 aromatic heterocycles. The van der Waals surface area contributed by atoms with Gasteiger partial charge in [0.2, 0.25) is 0 Å². The van der Waals surface area contributed by atoms with Gasteiger partial charge in [0, 0.05) is 16.6 Å². The molecular weight excluding hydrogens is 322 g/mol. The number of anilines is 1. The van der Waals surface area contributed by atoms with Crippen molar-refractivity contribution in [3.05, 3.63) is 29.8 Å². The van der Waals surface area contributed by atoms with Crippen LogP contribution in [-0.4, -0.2) is 31.0 Å². The second-order valence-electron chi connectivity index (χ2n) is 4.38. The Balaban J connectivity index is 2.94. The predicted molar refractivity (Wildman–Crippen MR) is 75.1 cm³/mol. The number of rotatable bonds is 3. The number of phenols is 1. The lowest BCUT2D eigenvalue weighted by Crippen LogP contribution is -2.09. The first-order valence-electron chi connectivity index (χ1n) is 5.46. The summed E-state index contributed by atoms with van der Waals surface area (Å²) in [4.78, 5) is -0.796. The van der Waals surface area contributed by atoms with Gasteiger partial charge in [0.1, 0.15) is 16.4 Å². The number of benzene rings is 2. The third-order valence-corrected chi connectivity index (χ3v) is 4.38. The summed E-state index contributed by atoms with van der Waals surface area (Å²) in [6.07, 6.45) is 0. The maximum Gasteiger partial charge on any atom is 0.294 e. The van der Waals surface area contributed by atoms with E-state index in [-0.39, 0.29) is 16.5 Å². The number of hydrogen-bond donors (Lipinski definition) is 4. The molecule has 0 heterocycles. The van der Waals surface area contributed by atoms with E-state index < -0.39 is 42.2 Å². The SMILES string of the molecule is Nc1ccc2cc(S(=O)(=O)O)c(CS(=O)(=O)O)c(O)c2c1. The lowest BCUT2D eigenvalue weighted by atomic mass is 10.1. The van der Waals surface area contributed by atoms with Gasteiger partial charge in [0.05, 0.1) is 0 Å². The van der Waals surface area contributed by atoms with Gasteiger partial charge in [-0.05, 0) is 23.6 Å². The van der Waals surface area contributed by atoms with Crippen LogP contribution in [0.4, 0.5) is 5.69 Å². The van der Waals surface area contributed by atoms with Crippen molar-refractivity contribution in [1.82, 2.24) is 0 Å². The van der Waals surface area contributed by atoms with E-state index in [2.05, 4.69) is 0 Å². The van der Waals surface area contributed by atoms with Gasteiger partial charge in [-0.25, -0.2) is 0 Å². The topological polar surface area (TPSA) is 155 Å². The molecule has 0 saturated carbocycles. The molecule has 2 rings (SSSR count). The van der Waals surface area contributed by atoms with Crippen molar-refractivity contribution in [3.8, 4) is 5.75 Å². The number of aromatic hydroxyl groups is 1. The molecule has 2 aromatic rings. The first-order chi connectivity index (χ1) is 9.49. The number of hydrogen-bond acceptors (Lipinski definition) is 6. The fraction of sp³-hybridized carbons (Fsp3) is 0.0909. The Kier molecular flexibility index (Phi) is 3.58. The van der Waals surface area contributed by atoms with Gasteiger partial charge in [-0.1, -0.05) is 6.07 Å². The molecule has 0 radical (unpaired) electrons. The third kappa shape index (κ3) is 3.24. The minimum absolute atomic E-state index is 0.0982. The van der Waals surface area contributed by atoms with Gasteiger partial charge >= 0.3 is 0 Å². The molecular formula is C11H11NO7S2. The van der Waals surface area contributed by atoms with Crippen molar-refractivity contribution in [2.75, 3.05) is 5.73 Å². The standard InChI is InChI=1S/C11H11NO7S2/c12-7-2-1-6-3-10(21(17,18)19)9(5-20(14,15)16)11(13)8(6)4-7/h1-4,13H,5,12H2,(H,14,15,16)(H,17,18,19). The summed E-state index contributed by atoms with van der Waals surface area (Å²) in [7, 11) is -9.42. The molecule has 0 aliphatic rings. The van der Waals surface area contributed by atoms with Crippen molar-refractivity contribution in [2.24, 2.45) is 0 Å². The maximum atomic E-state index is 11.3. The van der Waals surface area contributed by atoms with Crippen LogP contribution in [0.3, 0.4) is 0 Å². The molecule has 0 fully saturated rings. The smallest absolute Gasteiger partial charge is 0.294 e. The first kappa shape index (κ1) is 15.5. The molecule has 2 aromatic carbocycles. The minimum Gasteiger partial charge on any atom is -0.507 e. The summed E-state index contributed by atoms with van der Waals surface area (Å²) in [6.45, 7) is 0. The van der Waals surface area contributed by atoms with Crippen LogP contribution in [0.15, 0.2) is 29.2 Å². The molecule has 0 unspecified atom stereocenters. The van der Waals surface area contributed by atoms with E-state index in [4.69, 9.17) is 14.8 Å². The first-order valence-corrected chi connectivity index (χ1v) is 8.51. The second kappa shape index (κ2) is 4.84. The number of fused-ring (bicyclic) bond motifs is 1. The molecule has 0 saturated heterocycles. The van der Waals surface area contributed by atoms with Crippen molar-refractivity contribution < 1.29 is 31.0 Å². The zero-order valence-corrected chi connectivity index (χ0v) is 12.0. The largest absolute Gasteiger partial charge is 0.507 e. The monoisotopic (exact) mass is 333 g/mol. The lowest BCUT2D eigenvalue weighted by molar-refractivity contribution is 0.459. The maximum absolute atomic E-state index is 11.3. The van der Waals surface area contributed by atoms with Crippen LogP contribution in [-0.2, 0) is 26.0 Å². The summed E-state index contributed by atoms with van der Waals surface area (Å²) in [5.41, 5.74) is 5.18. The Hall–Kier alpha value is -1.88. The van der Waals surface area contributed by atoms with Crippen LogP contribution in [0.25, 0.3) is 10.8 Å². The van der Waals surface area contributed by atoms with Crippen LogP contribution >= 0.6 is 0 Å². The Labute approximate surface area is 120 Å². The molecule has 114 valence electrons. The van der Waals surface area contributed by atoms with E-state index in [0.29, 0.717) is 0 Å². The molecule has 0 bridgehead atoms. The summed E-state index contributed by atoms with van der Waals surface area (Å²) >= 11 is 0. The van der Waals surface area contributed by atoms with E-state index in [9.17, 15) is 21.9 Å². The van der Waals surface area contributed by atoms with E-state index >= 15 is 0 Å². The van der Waals surface area contributed by atoms with Crippen molar-refractivity contribution >= 4 is 36.7 Å². The van der Waals surface area contributed by atoms with E-state index in [1.807, 2.05) is 0 Å². The van der Waals surface area contributed by atoms with Gasteiger partial charge in [-0.2, -0.15) is 16.8 Å². The average molecular weight is 333 g/mol. The summed E-state index contributed by atoms with van der Waals surface area (Å²) in [5.74, 6) is -1.86. The fourth-order valence-corrected chi connectivity index (χ4v) is 3.47. The lowest BCUT2D eigenvalue weighted by Gasteiger charge is -2.12. The van der Waals surface area contributed by atoms with E-state index in [1.165, 1.54) is 18.2 Å². The average Bonchev–Trinajstić information content (AvgIpc) is 2.30. The molecule has 10 heteroatoms. The number of phenolic OH excluding ortho intramolecular Hbond substituents is 1. The van der Waals surface area contributed by atoms with Crippen molar-refractivity contribution in [3.63, 3.8) is 0 Å². The number of nitrogens with two attached hydrogens (primary N) is 1. The van der Waals surface area contributed by atoms with Gasteiger partial charge < -0.3 is 10.8 Å². The highest BCUT2D eigenvalue weighted by Crippen LogP contribution is 2.36. The molecule has 8 nitrogen and oxygen atoms in total. The van der Waals surface area contributed by atoms with Crippen molar-refractivity contribution in [2.45, 2.75) is 10.6 Å². The van der Waals surface area contributed by atoms with Crippen molar-refractivity contribution in [1.29, 1.82) is 0 Å². The Morgan fingerprint density at radius 2 is 1.67 bits per heavy atom. The highest BCUT2D eigenvalue weighted by Gasteiger charge is 2.24. The zero-order chi connectivity index (χ0) is 16.0. The molecule has 0 aliphatic heterocycles. The number of nitrogen functional groups attached to an aromatic ring is 1. The summed E-state index contributed by atoms with van der Waals surface area (Å²) in [6, 6.07) is 5.14. The highest BCUT2D eigenvalue weighted by molar-refractivity contribution is 7.86. The molecule has 0 amide bonds. The highest BCUT2D eigenvalue weighted by atomic mass is 32.2. The predicted octanol–water partition coefficient (Wildman–Crippen LogP) is 0.762. The van der Waals surface area contributed by atoms with E-state index in [1.54, 1.807) is 0 Å². The zero-order valence-electron chi connectivity index (χ0n) is 10.4. The second-order valence-corrected chi connectivity index (χ2v) is 7.23. The van der Waals surface area contributed by atoms with Gasteiger partial charge in [-0.15, -0.1) is 0 Å². The van der Waals surface area contributed by atoms with Crippen LogP contribution in [0.1, 0.15) is 5.56 Å². The molecule has 0 atom stereocenters. The fourth-order valence-electron chi connectivity index (χ4n) is 1.96. The Morgan fingerprint density at radius 3 is 2.19 bits per heavy atom. The quantitative estimate of drug-likeness (QED) is 0.474. The summed E-state index contributed by atoms with van der Waals surface area (Å²) < 4.78 is 62.7. The molecule has 5 N–H and O–H groups in total. The van der Waals surface area contributed by atoms with Crippen LogP contribution in [0.5, 0.6) is 5.75 Å². The van der Waals surface area contributed by atoms with Gasteiger partial charge in [0.15, 0.2) is 0 Å². The third-order valence-electron chi connectivity index (χ3n) is 2.81. The summed E-state index contributed by atoms with van der Waals surface area (Å²) in [5, 5.41) is 10.4. The van der Waals surface area contributed by atoms with Crippen LogP contribution < -0.4 is 5.73 Å². The van der Waals surface area contributed by atoms with E-state index in [0.717, 1.165) is 6.07 Å². The Bertz CT molecular complexity index is 933. The molecule has 0 aliphatic carbocycles. The van der Waals surface area contributed by atoms with Crippen LogP contribution in [0, 0.1) is 0 Å².